The first-order chi connectivity index (χ1) is 8.58. The van der Waals surface area contributed by atoms with Crippen molar-refractivity contribution in [2.45, 2.75) is 12.5 Å². The van der Waals surface area contributed by atoms with Crippen molar-refractivity contribution in [3.8, 4) is 11.5 Å². The molecule has 4 N–H and O–H groups in total. The lowest BCUT2D eigenvalue weighted by Gasteiger charge is -2.10. The summed E-state index contributed by atoms with van der Waals surface area (Å²) in [5.74, 6) is -0.410. The number of aliphatic hydroxyl groups is 1. The first-order valence-electron chi connectivity index (χ1n) is 5.24. The van der Waals surface area contributed by atoms with Gasteiger partial charge in [-0.3, -0.25) is 10.0 Å². The molecule has 0 aromatic heterocycles. The lowest BCUT2D eigenvalue weighted by Crippen LogP contribution is -2.15. The number of hydrogen-bond donors (Lipinski definition) is 4. The lowest BCUT2D eigenvalue weighted by molar-refractivity contribution is -0.124. The van der Waals surface area contributed by atoms with Gasteiger partial charge in [-0.05, 0) is 24.1 Å². The van der Waals surface area contributed by atoms with E-state index in [9.17, 15) is 15.0 Å². The van der Waals surface area contributed by atoms with Crippen molar-refractivity contribution >= 4 is 5.91 Å². The largest absolute Gasteiger partial charge is 0.504 e. The van der Waals surface area contributed by atoms with E-state index in [0.29, 0.717) is 11.3 Å². The number of carbonyl (C=O) groups excluding carboxylic acids is 1. The van der Waals surface area contributed by atoms with E-state index >= 15 is 0 Å². The molecule has 0 spiro atoms. The number of phenols is 1. The van der Waals surface area contributed by atoms with Gasteiger partial charge in [0.2, 0.25) is 0 Å². The molecule has 0 aliphatic carbocycles. The Morgan fingerprint density at radius 3 is 2.83 bits per heavy atom. The summed E-state index contributed by atoms with van der Waals surface area (Å²) in [5, 5.41) is 27.6. The minimum absolute atomic E-state index is 0.0638. The van der Waals surface area contributed by atoms with Crippen LogP contribution in [-0.2, 0) is 4.79 Å². The van der Waals surface area contributed by atoms with E-state index in [2.05, 4.69) is 0 Å². The minimum Gasteiger partial charge on any atom is -0.504 e. The molecule has 1 amide bonds. The Kier molecular flexibility index (Phi) is 5.16. The first-order valence-corrected chi connectivity index (χ1v) is 5.24. The van der Waals surface area contributed by atoms with Gasteiger partial charge in [0.1, 0.15) is 0 Å². The number of carbonyl (C=O) groups is 1. The first kappa shape index (κ1) is 14.0. The molecule has 6 nitrogen and oxygen atoms in total. The number of benzene rings is 1. The van der Waals surface area contributed by atoms with Gasteiger partial charge in [-0.15, -0.1) is 0 Å². The Bertz CT molecular complexity index is 444. The van der Waals surface area contributed by atoms with E-state index in [1.54, 1.807) is 6.07 Å². The maximum absolute atomic E-state index is 10.7. The van der Waals surface area contributed by atoms with Crippen LogP contribution < -0.4 is 10.2 Å². The van der Waals surface area contributed by atoms with Crippen LogP contribution in [0, 0.1) is 0 Å². The molecule has 1 rings (SSSR count). The molecule has 1 atom stereocenters. The molecule has 0 bridgehead atoms. The number of hydrogen-bond acceptors (Lipinski definition) is 5. The third-order valence-corrected chi connectivity index (χ3v) is 2.33. The van der Waals surface area contributed by atoms with Crippen molar-refractivity contribution in [3.05, 3.63) is 35.9 Å². The van der Waals surface area contributed by atoms with Crippen molar-refractivity contribution in [2.75, 3.05) is 7.11 Å². The number of hydroxylamine groups is 1. The van der Waals surface area contributed by atoms with E-state index in [1.807, 2.05) is 0 Å². The normalized spacial score (nSPS) is 12.4. The molecule has 0 aliphatic heterocycles. The summed E-state index contributed by atoms with van der Waals surface area (Å²) < 4.78 is 4.88. The number of phenolic OH excluding ortho intramolecular Hbond substituents is 1. The van der Waals surface area contributed by atoms with Gasteiger partial charge in [0, 0.05) is 6.08 Å². The van der Waals surface area contributed by atoms with E-state index in [0.717, 1.165) is 6.08 Å². The maximum Gasteiger partial charge on any atom is 0.267 e. The number of aliphatic hydroxyl groups excluding tert-OH is 1. The van der Waals surface area contributed by atoms with Crippen LogP contribution in [0.25, 0.3) is 0 Å². The molecule has 0 aliphatic rings. The molecule has 0 saturated heterocycles. The third kappa shape index (κ3) is 3.76. The highest BCUT2D eigenvalue weighted by Crippen LogP contribution is 2.29. The van der Waals surface area contributed by atoms with Crippen LogP contribution in [0.3, 0.4) is 0 Å². The van der Waals surface area contributed by atoms with E-state index in [1.165, 1.54) is 30.8 Å². The second-order valence-electron chi connectivity index (χ2n) is 3.56. The molecule has 0 heterocycles. The highest BCUT2D eigenvalue weighted by Gasteiger charge is 2.09. The molecule has 0 saturated carbocycles. The summed E-state index contributed by atoms with van der Waals surface area (Å²) in [7, 11) is 1.43. The van der Waals surface area contributed by atoms with E-state index in [-0.39, 0.29) is 12.2 Å². The van der Waals surface area contributed by atoms with Gasteiger partial charge in [0.25, 0.3) is 5.91 Å². The SMILES string of the molecule is COc1ccc([C@@H](O)C/C=C/C(=O)NO)cc1O. The lowest BCUT2D eigenvalue weighted by atomic mass is 10.1. The van der Waals surface area contributed by atoms with Gasteiger partial charge in [0.15, 0.2) is 11.5 Å². The summed E-state index contributed by atoms with van der Waals surface area (Å²) in [6.07, 6.45) is 1.84. The van der Waals surface area contributed by atoms with Crippen molar-refractivity contribution in [2.24, 2.45) is 0 Å². The summed E-state index contributed by atoms with van der Waals surface area (Å²) >= 11 is 0. The van der Waals surface area contributed by atoms with Crippen molar-refractivity contribution in [1.82, 2.24) is 5.48 Å². The summed E-state index contributed by atoms with van der Waals surface area (Å²) in [6, 6.07) is 4.55. The van der Waals surface area contributed by atoms with Gasteiger partial charge in [-0.1, -0.05) is 12.1 Å². The third-order valence-electron chi connectivity index (χ3n) is 2.33. The Labute approximate surface area is 104 Å². The number of rotatable bonds is 5. The average molecular weight is 253 g/mol. The number of nitrogens with one attached hydrogen (secondary N) is 1. The number of aromatic hydroxyl groups is 1. The fourth-order valence-corrected chi connectivity index (χ4v) is 1.39. The molecular weight excluding hydrogens is 238 g/mol. The number of methoxy groups -OCH3 is 1. The molecule has 1 aromatic rings. The van der Waals surface area contributed by atoms with Crippen LogP contribution in [0.1, 0.15) is 18.1 Å². The molecular formula is C12H15NO5. The van der Waals surface area contributed by atoms with Gasteiger partial charge >= 0.3 is 0 Å². The van der Waals surface area contributed by atoms with Gasteiger partial charge in [-0.2, -0.15) is 0 Å². The maximum atomic E-state index is 10.7. The number of ether oxygens (including phenoxy) is 1. The van der Waals surface area contributed by atoms with Gasteiger partial charge in [0.05, 0.1) is 13.2 Å². The number of amides is 1. The molecule has 98 valence electrons. The van der Waals surface area contributed by atoms with Crippen molar-refractivity contribution in [1.29, 1.82) is 0 Å². The zero-order valence-corrected chi connectivity index (χ0v) is 9.83. The molecule has 6 heteroatoms. The van der Waals surface area contributed by atoms with Crippen LogP contribution in [-0.4, -0.2) is 28.4 Å². The van der Waals surface area contributed by atoms with Crippen LogP contribution in [0.15, 0.2) is 30.4 Å². The molecule has 1 aromatic carbocycles. The van der Waals surface area contributed by atoms with Crippen molar-refractivity contribution < 1.29 is 25.0 Å². The Morgan fingerprint density at radius 1 is 1.56 bits per heavy atom. The van der Waals surface area contributed by atoms with Crippen molar-refractivity contribution in [3.63, 3.8) is 0 Å². The Morgan fingerprint density at radius 2 is 2.28 bits per heavy atom. The highest BCUT2D eigenvalue weighted by molar-refractivity contribution is 5.86. The minimum atomic E-state index is -0.857. The second kappa shape index (κ2) is 6.63. The summed E-state index contributed by atoms with van der Waals surface area (Å²) in [5.41, 5.74) is 1.94. The molecule has 0 radical (unpaired) electrons. The Balaban J connectivity index is 2.67. The second-order valence-corrected chi connectivity index (χ2v) is 3.56. The van der Waals surface area contributed by atoms with Gasteiger partial charge in [-0.25, -0.2) is 5.48 Å². The zero-order valence-electron chi connectivity index (χ0n) is 9.83. The standard InChI is InChI=1S/C12H15NO5/c1-18-11-6-5-8(7-10(11)15)9(14)3-2-4-12(16)13-17/h2,4-7,9,14-15,17H,3H2,1H3,(H,13,16)/b4-2+/t9-/m0/s1. The predicted molar refractivity (Wildman–Crippen MR) is 63.3 cm³/mol. The summed E-state index contributed by atoms with van der Waals surface area (Å²) in [6.45, 7) is 0. The predicted octanol–water partition coefficient (Wildman–Crippen LogP) is 0.886. The van der Waals surface area contributed by atoms with Crippen LogP contribution in [0.2, 0.25) is 0 Å². The fraction of sp³-hybridized carbons (Fsp3) is 0.250. The smallest absolute Gasteiger partial charge is 0.267 e. The monoisotopic (exact) mass is 253 g/mol. The highest BCUT2D eigenvalue weighted by atomic mass is 16.5. The van der Waals surface area contributed by atoms with E-state index < -0.39 is 12.0 Å². The van der Waals surface area contributed by atoms with Crippen LogP contribution in [0.4, 0.5) is 0 Å². The molecule has 18 heavy (non-hydrogen) atoms. The molecule has 0 fully saturated rings. The topological polar surface area (TPSA) is 99.0 Å². The quantitative estimate of drug-likeness (QED) is 0.355. The zero-order chi connectivity index (χ0) is 13.5. The van der Waals surface area contributed by atoms with E-state index in [4.69, 9.17) is 9.94 Å². The summed E-state index contributed by atoms with van der Waals surface area (Å²) in [4.78, 5) is 10.7. The fourth-order valence-electron chi connectivity index (χ4n) is 1.39. The van der Waals surface area contributed by atoms with Crippen LogP contribution >= 0.6 is 0 Å². The van der Waals surface area contributed by atoms with Gasteiger partial charge < -0.3 is 14.9 Å². The molecule has 0 unspecified atom stereocenters. The average Bonchev–Trinajstić information content (AvgIpc) is 2.38. The van der Waals surface area contributed by atoms with Crippen LogP contribution in [0.5, 0.6) is 11.5 Å². The Hall–Kier alpha value is -2.05.